The first-order valence-corrected chi connectivity index (χ1v) is 5.67. The van der Waals surface area contributed by atoms with Crippen molar-refractivity contribution in [1.29, 1.82) is 0 Å². The van der Waals surface area contributed by atoms with Crippen LogP contribution in [0.4, 0.5) is 0 Å². The van der Waals surface area contributed by atoms with Gasteiger partial charge in [-0.1, -0.05) is 6.07 Å². The molecule has 18 heavy (non-hydrogen) atoms. The zero-order valence-corrected chi connectivity index (χ0v) is 11.0. The summed E-state index contributed by atoms with van der Waals surface area (Å²) >= 11 is 5.73. The first-order valence-electron chi connectivity index (χ1n) is 5.29. The Morgan fingerprint density at radius 2 is 1.72 bits per heavy atom. The van der Waals surface area contributed by atoms with E-state index in [2.05, 4.69) is 15.0 Å². The van der Waals surface area contributed by atoms with Gasteiger partial charge in [-0.3, -0.25) is 0 Å². The molecule has 0 amide bonds. The maximum absolute atomic E-state index is 5.73. The van der Waals surface area contributed by atoms with Gasteiger partial charge in [0, 0.05) is 0 Å². The molecule has 0 aliphatic rings. The maximum Gasteiger partial charge on any atom is 0.329 e. The third-order valence-corrected chi connectivity index (χ3v) is 2.61. The highest BCUT2D eigenvalue weighted by molar-refractivity contribution is 6.28. The van der Waals surface area contributed by atoms with E-state index in [-0.39, 0.29) is 17.3 Å². The summed E-state index contributed by atoms with van der Waals surface area (Å²) in [6.45, 7) is 4.03. The Kier molecular flexibility index (Phi) is 3.62. The molecule has 6 heteroatoms. The summed E-state index contributed by atoms with van der Waals surface area (Å²) in [6.07, 6.45) is 0. The molecule has 2 aromatic rings. The lowest BCUT2D eigenvalue weighted by atomic mass is 10.1. The molecule has 0 spiro atoms. The lowest BCUT2D eigenvalue weighted by molar-refractivity contribution is 0.359. The van der Waals surface area contributed by atoms with Crippen molar-refractivity contribution in [1.82, 2.24) is 15.0 Å². The minimum absolute atomic E-state index is 0.0284. The number of aryl methyl sites for hydroxylation is 2. The standard InChI is InChI=1S/C12H12ClN3O2/c1-7-4-5-9(6-8(7)2)18-12-15-10(13)14-11(16-12)17-3/h4-6H,1-3H3. The Morgan fingerprint density at radius 1 is 1.00 bits per heavy atom. The van der Waals surface area contributed by atoms with Crippen LogP contribution in [0, 0.1) is 13.8 Å². The molecular weight excluding hydrogens is 254 g/mol. The molecule has 0 saturated carbocycles. The molecule has 0 N–H and O–H groups in total. The molecule has 0 radical (unpaired) electrons. The summed E-state index contributed by atoms with van der Waals surface area (Å²) in [6, 6.07) is 5.93. The van der Waals surface area contributed by atoms with E-state index < -0.39 is 0 Å². The molecule has 2 rings (SSSR count). The molecule has 0 aliphatic heterocycles. The van der Waals surface area contributed by atoms with Crippen LogP contribution in [0.1, 0.15) is 11.1 Å². The predicted molar refractivity (Wildman–Crippen MR) is 67.4 cm³/mol. The largest absolute Gasteiger partial charge is 0.467 e. The average molecular weight is 266 g/mol. The topological polar surface area (TPSA) is 57.1 Å². The van der Waals surface area contributed by atoms with E-state index in [0.29, 0.717) is 5.75 Å². The van der Waals surface area contributed by atoms with Crippen LogP contribution in [-0.4, -0.2) is 22.1 Å². The van der Waals surface area contributed by atoms with Crippen molar-refractivity contribution in [2.75, 3.05) is 7.11 Å². The Labute approximate surface area is 110 Å². The summed E-state index contributed by atoms with van der Waals surface area (Å²) in [5.74, 6) is 0.641. The van der Waals surface area contributed by atoms with Gasteiger partial charge in [0.15, 0.2) is 0 Å². The number of hydrogen-bond acceptors (Lipinski definition) is 5. The third-order valence-electron chi connectivity index (χ3n) is 2.44. The molecule has 0 bridgehead atoms. The van der Waals surface area contributed by atoms with E-state index in [1.807, 2.05) is 32.0 Å². The van der Waals surface area contributed by atoms with Gasteiger partial charge in [0.2, 0.25) is 5.28 Å². The van der Waals surface area contributed by atoms with Crippen molar-refractivity contribution in [2.24, 2.45) is 0 Å². The van der Waals surface area contributed by atoms with Gasteiger partial charge >= 0.3 is 12.0 Å². The average Bonchev–Trinajstić information content (AvgIpc) is 2.33. The van der Waals surface area contributed by atoms with Gasteiger partial charge in [0.05, 0.1) is 7.11 Å². The van der Waals surface area contributed by atoms with Crippen LogP contribution in [0.5, 0.6) is 17.8 Å². The molecule has 0 aliphatic carbocycles. The SMILES string of the molecule is COc1nc(Cl)nc(Oc2ccc(C)c(C)c2)n1. The predicted octanol–water partition coefficient (Wildman–Crippen LogP) is 2.94. The highest BCUT2D eigenvalue weighted by Gasteiger charge is 2.07. The minimum atomic E-state index is 0.0284. The van der Waals surface area contributed by atoms with E-state index in [9.17, 15) is 0 Å². The second kappa shape index (κ2) is 5.18. The van der Waals surface area contributed by atoms with Crippen molar-refractivity contribution in [3.05, 3.63) is 34.6 Å². The molecule has 1 heterocycles. The quantitative estimate of drug-likeness (QED) is 0.854. The van der Waals surface area contributed by atoms with E-state index in [1.165, 1.54) is 12.7 Å². The maximum atomic E-state index is 5.73. The van der Waals surface area contributed by atoms with E-state index in [4.69, 9.17) is 21.1 Å². The third kappa shape index (κ3) is 2.87. The van der Waals surface area contributed by atoms with Crippen molar-refractivity contribution in [2.45, 2.75) is 13.8 Å². The fraction of sp³-hybridized carbons (Fsp3) is 0.250. The fourth-order valence-corrected chi connectivity index (χ4v) is 1.48. The van der Waals surface area contributed by atoms with Crippen LogP contribution in [0.15, 0.2) is 18.2 Å². The number of nitrogens with zero attached hydrogens (tertiary/aromatic N) is 3. The monoisotopic (exact) mass is 265 g/mol. The molecule has 94 valence electrons. The number of hydrogen-bond donors (Lipinski definition) is 0. The van der Waals surface area contributed by atoms with Crippen LogP contribution < -0.4 is 9.47 Å². The van der Waals surface area contributed by atoms with Gasteiger partial charge in [-0.2, -0.15) is 9.97 Å². The molecule has 5 nitrogen and oxygen atoms in total. The van der Waals surface area contributed by atoms with Gasteiger partial charge < -0.3 is 9.47 Å². The zero-order valence-electron chi connectivity index (χ0n) is 10.3. The molecular formula is C12H12ClN3O2. The normalized spacial score (nSPS) is 10.2. The summed E-state index contributed by atoms with van der Waals surface area (Å²) in [7, 11) is 1.45. The Hall–Kier alpha value is -1.88. The molecule has 0 saturated heterocycles. The van der Waals surface area contributed by atoms with Crippen LogP contribution >= 0.6 is 11.6 Å². The summed E-state index contributed by atoms with van der Waals surface area (Å²) < 4.78 is 10.4. The smallest absolute Gasteiger partial charge is 0.329 e. The number of ether oxygens (including phenoxy) is 2. The summed E-state index contributed by atoms with van der Waals surface area (Å²) in [4.78, 5) is 11.6. The van der Waals surface area contributed by atoms with Gasteiger partial charge in [0.25, 0.3) is 0 Å². The van der Waals surface area contributed by atoms with Gasteiger partial charge in [-0.25, -0.2) is 0 Å². The zero-order chi connectivity index (χ0) is 13.1. The molecule has 1 aromatic heterocycles. The van der Waals surface area contributed by atoms with Gasteiger partial charge in [0.1, 0.15) is 5.75 Å². The summed E-state index contributed by atoms with van der Waals surface area (Å²) in [5, 5.41) is 0.0284. The molecule has 0 unspecified atom stereocenters. The Bertz CT molecular complexity index is 575. The molecule has 1 aromatic carbocycles. The second-order valence-electron chi connectivity index (χ2n) is 3.72. The fourth-order valence-electron chi connectivity index (χ4n) is 1.33. The Balaban J connectivity index is 2.27. The van der Waals surface area contributed by atoms with Crippen molar-refractivity contribution < 1.29 is 9.47 Å². The van der Waals surface area contributed by atoms with Crippen molar-refractivity contribution in [3.63, 3.8) is 0 Å². The van der Waals surface area contributed by atoms with Gasteiger partial charge in [-0.05, 0) is 48.7 Å². The van der Waals surface area contributed by atoms with E-state index >= 15 is 0 Å². The lowest BCUT2D eigenvalue weighted by Crippen LogP contribution is -1.98. The number of aromatic nitrogens is 3. The molecule has 0 atom stereocenters. The second-order valence-corrected chi connectivity index (χ2v) is 4.06. The number of methoxy groups -OCH3 is 1. The summed E-state index contributed by atoms with van der Waals surface area (Å²) in [5.41, 5.74) is 2.31. The minimum Gasteiger partial charge on any atom is -0.467 e. The highest BCUT2D eigenvalue weighted by Crippen LogP contribution is 2.22. The van der Waals surface area contributed by atoms with Crippen LogP contribution in [0.25, 0.3) is 0 Å². The van der Waals surface area contributed by atoms with Gasteiger partial charge in [-0.15, -0.1) is 4.98 Å². The van der Waals surface area contributed by atoms with Crippen LogP contribution in [-0.2, 0) is 0 Å². The first-order chi connectivity index (χ1) is 8.58. The highest BCUT2D eigenvalue weighted by atomic mass is 35.5. The lowest BCUT2D eigenvalue weighted by Gasteiger charge is -2.07. The molecule has 0 fully saturated rings. The van der Waals surface area contributed by atoms with Crippen LogP contribution in [0.3, 0.4) is 0 Å². The van der Waals surface area contributed by atoms with Crippen molar-refractivity contribution >= 4 is 11.6 Å². The van der Waals surface area contributed by atoms with E-state index in [1.54, 1.807) is 0 Å². The van der Waals surface area contributed by atoms with Crippen molar-refractivity contribution in [3.8, 4) is 17.8 Å². The Morgan fingerprint density at radius 3 is 2.39 bits per heavy atom. The number of rotatable bonds is 3. The van der Waals surface area contributed by atoms with Crippen LogP contribution in [0.2, 0.25) is 5.28 Å². The van der Waals surface area contributed by atoms with E-state index in [0.717, 1.165) is 5.56 Å². The number of benzene rings is 1. The number of halogens is 1. The first kappa shape index (κ1) is 12.6.